The highest BCUT2D eigenvalue weighted by atomic mass is 35.5. The monoisotopic (exact) mass is 417 g/mol. The zero-order chi connectivity index (χ0) is 19.9. The van der Waals surface area contributed by atoms with E-state index in [9.17, 15) is 18.3 Å². The fraction of sp³-hybridized carbons (Fsp3) is 0.263. The van der Waals surface area contributed by atoms with Gasteiger partial charge in [0.2, 0.25) is 0 Å². The Morgan fingerprint density at radius 2 is 1.89 bits per heavy atom. The summed E-state index contributed by atoms with van der Waals surface area (Å²) < 4.78 is 44.0. The first-order valence-corrected chi connectivity index (χ1v) is 8.74. The summed E-state index contributed by atoms with van der Waals surface area (Å²) in [4.78, 5) is 3.00. The molecular formula is C19H16Cl2F3NO2. The van der Waals surface area contributed by atoms with Crippen LogP contribution in [-0.4, -0.2) is 17.2 Å². The lowest BCUT2D eigenvalue weighted by molar-refractivity contribution is -0.137. The number of H-pyrrole nitrogens is 1. The van der Waals surface area contributed by atoms with Crippen LogP contribution < -0.4 is 0 Å². The maximum absolute atomic E-state index is 13.0. The van der Waals surface area contributed by atoms with Crippen molar-refractivity contribution in [3.05, 3.63) is 68.3 Å². The number of aliphatic hydroxyl groups is 1. The predicted octanol–water partition coefficient (Wildman–Crippen LogP) is 6.03. The van der Waals surface area contributed by atoms with Gasteiger partial charge >= 0.3 is 6.18 Å². The molecule has 0 aliphatic rings. The van der Waals surface area contributed by atoms with Gasteiger partial charge in [-0.25, -0.2) is 0 Å². The van der Waals surface area contributed by atoms with Crippen molar-refractivity contribution in [1.82, 2.24) is 4.98 Å². The van der Waals surface area contributed by atoms with E-state index in [0.717, 1.165) is 12.1 Å². The molecule has 0 spiro atoms. The van der Waals surface area contributed by atoms with E-state index < -0.39 is 18.0 Å². The molecule has 3 rings (SSSR count). The third-order valence-electron chi connectivity index (χ3n) is 4.40. The molecule has 0 bridgehead atoms. The quantitative estimate of drug-likeness (QED) is 0.509. The van der Waals surface area contributed by atoms with Crippen LogP contribution in [0, 0.1) is 6.92 Å². The van der Waals surface area contributed by atoms with Crippen molar-refractivity contribution >= 4 is 34.1 Å². The Morgan fingerprint density at radius 1 is 1.19 bits per heavy atom. The number of nitrogens with one attached hydrogen (secondary N) is 1. The number of alkyl halides is 3. The Bertz CT molecular complexity index is 999. The number of aromatic nitrogens is 1. The minimum atomic E-state index is -4.42. The SMILES string of the molecule is COC(O)c1ccc(Cl)c(Cc2cc3c(C)cc(C(F)(F)F)cc3[nH]2)c1Cl. The third kappa shape index (κ3) is 3.94. The number of aromatic amines is 1. The number of hydrogen-bond donors (Lipinski definition) is 2. The molecule has 1 heterocycles. The number of hydrogen-bond acceptors (Lipinski definition) is 2. The van der Waals surface area contributed by atoms with Crippen molar-refractivity contribution in [2.45, 2.75) is 25.8 Å². The second-order valence-electron chi connectivity index (χ2n) is 6.24. The van der Waals surface area contributed by atoms with Crippen molar-refractivity contribution in [1.29, 1.82) is 0 Å². The summed E-state index contributed by atoms with van der Waals surface area (Å²) in [7, 11) is 1.34. The third-order valence-corrected chi connectivity index (χ3v) is 5.20. The minimum Gasteiger partial charge on any atom is -0.364 e. The standard InChI is InChI=1S/C19H16Cl2F3NO2/c1-9-5-10(19(22,23)24)6-16-13(9)7-11(25-16)8-14-15(20)4-3-12(17(14)21)18(26)27-2/h3-7,18,25-26H,8H2,1-2H3. The number of rotatable bonds is 4. The maximum Gasteiger partial charge on any atom is 0.416 e. The molecule has 3 nitrogen and oxygen atoms in total. The lowest BCUT2D eigenvalue weighted by Gasteiger charge is -2.14. The van der Waals surface area contributed by atoms with E-state index in [1.807, 2.05) is 0 Å². The summed E-state index contributed by atoms with van der Waals surface area (Å²) >= 11 is 12.6. The zero-order valence-electron chi connectivity index (χ0n) is 14.4. The van der Waals surface area contributed by atoms with Crippen LogP contribution in [0.15, 0.2) is 30.3 Å². The van der Waals surface area contributed by atoms with Gasteiger partial charge in [-0.1, -0.05) is 29.3 Å². The van der Waals surface area contributed by atoms with E-state index in [0.29, 0.717) is 38.3 Å². The van der Waals surface area contributed by atoms with Crippen molar-refractivity contribution in [3.8, 4) is 0 Å². The van der Waals surface area contributed by atoms with E-state index in [4.69, 9.17) is 27.9 Å². The maximum atomic E-state index is 13.0. The van der Waals surface area contributed by atoms with Crippen LogP contribution in [0.4, 0.5) is 13.2 Å². The minimum absolute atomic E-state index is 0.253. The molecule has 27 heavy (non-hydrogen) atoms. The first-order valence-electron chi connectivity index (χ1n) is 7.99. The van der Waals surface area contributed by atoms with Gasteiger partial charge in [0.25, 0.3) is 0 Å². The topological polar surface area (TPSA) is 45.2 Å². The first kappa shape index (κ1) is 20.0. The Labute approximate surface area is 163 Å². The molecule has 0 saturated carbocycles. The van der Waals surface area contributed by atoms with Crippen LogP contribution in [0.3, 0.4) is 0 Å². The van der Waals surface area contributed by atoms with Gasteiger partial charge in [-0.15, -0.1) is 0 Å². The van der Waals surface area contributed by atoms with E-state index in [2.05, 4.69) is 4.98 Å². The van der Waals surface area contributed by atoms with Gasteiger partial charge in [-0.3, -0.25) is 0 Å². The molecule has 0 radical (unpaired) electrons. The van der Waals surface area contributed by atoms with Crippen molar-refractivity contribution < 1.29 is 23.0 Å². The smallest absolute Gasteiger partial charge is 0.364 e. The number of benzene rings is 2. The number of ether oxygens (including phenoxy) is 1. The zero-order valence-corrected chi connectivity index (χ0v) is 15.9. The number of aliphatic hydroxyl groups excluding tert-OH is 1. The molecule has 144 valence electrons. The molecule has 0 amide bonds. The van der Waals surface area contributed by atoms with Crippen LogP contribution in [0.25, 0.3) is 10.9 Å². The van der Waals surface area contributed by atoms with Crippen molar-refractivity contribution in [3.63, 3.8) is 0 Å². The number of methoxy groups -OCH3 is 1. The van der Waals surface area contributed by atoms with Gasteiger partial charge < -0.3 is 14.8 Å². The molecule has 2 aromatic carbocycles. The van der Waals surface area contributed by atoms with Gasteiger partial charge in [0.05, 0.1) is 10.6 Å². The number of fused-ring (bicyclic) bond motifs is 1. The van der Waals surface area contributed by atoms with E-state index >= 15 is 0 Å². The summed E-state index contributed by atoms with van der Waals surface area (Å²) in [5.41, 5.74) is 1.76. The highest BCUT2D eigenvalue weighted by Gasteiger charge is 2.31. The predicted molar refractivity (Wildman–Crippen MR) is 99.3 cm³/mol. The second-order valence-corrected chi connectivity index (χ2v) is 7.03. The van der Waals surface area contributed by atoms with E-state index in [1.165, 1.54) is 7.11 Å². The molecular weight excluding hydrogens is 402 g/mol. The van der Waals surface area contributed by atoms with E-state index in [-0.39, 0.29) is 11.4 Å². The van der Waals surface area contributed by atoms with Crippen molar-refractivity contribution in [2.75, 3.05) is 7.11 Å². The van der Waals surface area contributed by atoms with Gasteiger partial charge in [0.1, 0.15) is 0 Å². The van der Waals surface area contributed by atoms with Crippen LogP contribution in [0.2, 0.25) is 10.0 Å². The summed E-state index contributed by atoms with van der Waals surface area (Å²) in [6.45, 7) is 1.63. The molecule has 2 N–H and O–H groups in total. The first-order chi connectivity index (χ1) is 12.6. The fourth-order valence-electron chi connectivity index (χ4n) is 3.02. The average molecular weight is 418 g/mol. The molecule has 0 aliphatic carbocycles. The van der Waals surface area contributed by atoms with Gasteiger partial charge in [-0.05, 0) is 42.3 Å². The average Bonchev–Trinajstić information content (AvgIpc) is 3.00. The molecule has 0 saturated heterocycles. The van der Waals surface area contributed by atoms with Crippen molar-refractivity contribution in [2.24, 2.45) is 0 Å². The highest BCUT2D eigenvalue weighted by molar-refractivity contribution is 6.36. The molecule has 1 unspecified atom stereocenters. The lowest BCUT2D eigenvalue weighted by Crippen LogP contribution is -2.05. The Kier molecular flexibility index (Phi) is 5.45. The van der Waals surface area contributed by atoms with Crippen LogP contribution in [0.1, 0.15) is 34.2 Å². The Morgan fingerprint density at radius 3 is 2.52 bits per heavy atom. The van der Waals surface area contributed by atoms with Crippen LogP contribution in [0.5, 0.6) is 0 Å². The van der Waals surface area contributed by atoms with E-state index in [1.54, 1.807) is 25.1 Å². The summed E-state index contributed by atoms with van der Waals surface area (Å²) in [6.07, 6.45) is -5.35. The lowest BCUT2D eigenvalue weighted by atomic mass is 10.0. The molecule has 0 aliphatic heterocycles. The summed E-state index contributed by atoms with van der Waals surface area (Å²) in [5.74, 6) is 0. The van der Waals surface area contributed by atoms with Crippen LogP contribution >= 0.6 is 23.2 Å². The van der Waals surface area contributed by atoms with Crippen LogP contribution in [-0.2, 0) is 17.3 Å². The highest BCUT2D eigenvalue weighted by Crippen LogP contribution is 2.36. The second kappa shape index (κ2) is 7.36. The number of aryl methyl sites for hydroxylation is 1. The van der Waals surface area contributed by atoms with Gasteiger partial charge in [-0.2, -0.15) is 13.2 Å². The normalized spacial score (nSPS) is 13.3. The molecule has 3 aromatic rings. The fourth-order valence-corrected chi connectivity index (χ4v) is 3.62. The molecule has 0 fully saturated rings. The molecule has 8 heteroatoms. The largest absolute Gasteiger partial charge is 0.416 e. The van der Waals surface area contributed by atoms with Gasteiger partial charge in [0.15, 0.2) is 6.29 Å². The molecule has 1 atom stereocenters. The number of halogens is 5. The Hall–Kier alpha value is -1.73. The summed E-state index contributed by atoms with van der Waals surface area (Å²) in [5, 5.41) is 11.2. The Balaban J connectivity index is 2.04. The molecule has 1 aromatic heterocycles. The van der Waals surface area contributed by atoms with Gasteiger partial charge in [0, 0.05) is 40.7 Å². The summed E-state index contributed by atoms with van der Waals surface area (Å²) in [6, 6.07) is 7.13.